The van der Waals surface area contributed by atoms with E-state index in [2.05, 4.69) is 10.6 Å². The molecule has 0 aliphatic heterocycles. The lowest BCUT2D eigenvalue weighted by atomic mass is 10.1. The standard InChI is InChI=1S/C27H26N2O6/c1-2-24(30)18-12-14-21(15-13-18)35-16-6-11-25(31)29-23-10-4-3-9-22(23)26(32)28-20-8-5-7-19(17-20)27(33)34/h3-5,7-10,12-15,17H,2,6,11,16H2,1H3,(H,28,32)(H,29,31)(H,33,34). The van der Waals surface area contributed by atoms with Gasteiger partial charge in [-0.25, -0.2) is 4.79 Å². The molecule has 0 bridgehead atoms. The quantitative estimate of drug-likeness (QED) is 0.265. The fourth-order valence-electron chi connectivity index (χ4n) is 3.30. The van der Waals surface area contributed by atoms with Crippen molar-refractivity contribution >= 4 is 34.9 Å². The summed E-state index contributed by atoms with van der Waals surface area (Å²) in [4.78, 5) is 48.0. The van der Waals surface area contributed by atoms with Gasteiger partial charge in [0.1, 0.15) is 5.75 Å². The van der Waals surface area contributed by atoms with Gasteiger partial charge in [0.15, 0.2) is 5.78 Å². The first-order chi connectivity index (χ1) is 16.9. The summed E-state index contributed by atoms with van der Waals surface area (Å²) in [6.07, 6.45) is 1.08. The minimum Gasteiger partial charge on any atom is -0.494 e. The lowest BCUT2D eigenvalue weighted by molar-refractivity contribution is -0.116. The Morgan fingerprint density at radius 2 is 1.60 bits per heavy atom. The highest BCUT2D eigenvalue weighted by molar-refractivity contribution is 6.10. The third-order valence-corrected chi connectivity index (χ3v) is 5.13. The van der Waals surface area contributed by atoms with Gasteiger partial charge >= 0.3 is 5.97 Å². The zero-order valence-corrected chi connectivity index (χ0v) is 19.2. The number of carboxylic acid groups (broad SMARTS) is 1. The highest BCUT2D eigenvalue weighted by Gasteiger charge is 2.14. The molecule has 3 rings (SSSR count). The number of carbonyl (C=O) groups excluding carboxylic acids is 3. The largest absolute Gasteiger partial charge is 0.494 e. The van der Waals surface area contributed by atoms with Crippen molar-refractivity contribution in [2.75, 3.05) is 17.2 Å². The maximum atomic E-state index is 12.7. The van der Waals surface area contributed by atoms with Crippen molar-refractivity contribution in [2.45, 2.75) is 26.2 Å². The molecule has 35 heavy (non-hydrogen) atoms. The van der Waals surface area contributed by atoms with E-state index in [0.717, 1.165) is 0 Å². The van der Waals surface area contributed by atoms with Gasteiger partial charge in [-0.1, -0.05) is 25.1 Å². The first-order valence-electron chi connectivity index (χ1n) is 11.2. The number of aromatic carboxylic acids is 1. The number of benzene rings is 3. The molecule has 0 atom stereocenters. The summed E-state index contributed by atoms with van der Waals surface area (Å²) < 4.78 is 5.63. The van der Waals surface area contributed by atoms with E-state index < -0.39 is 11.9 Å². The first-order valence-corrected chi connectivity index (χ1v) is 11.2. The second kappa shape index (κ2) is 12.1. The van der Waals surface area contributed by atoms with Crippen LogP contribution in [0.25, 0.3) is 0 Å². The van der Waals surface area contributed by atoms with E-state index in [0.29, 0.717) is 42.1 Å². The van der Waals surface area contributed by atoms with Crippen molar-refractivity contribution in [3.8, 4) is 5.75 Å². The monoisotopic (exact) mass is 474 g/mol. The van der Waals surface area contributed by atoms with Gasteiger partial charge in [0.05, 0.1) is 23.4 Å². The van der Waals surface area contributed by atoms with Crippen LogP contribution in [0.4, 0.5) is 11.4 Å². The number of Topliss-reactive ketones (excluding diaryl/α,β-unsaturated/α-hetero) is 1. The Morgan fingerprint density at radius 1 is 0.857 bits per heavy atom. The minimum absolute atomic E-state index is 0.0528. The zero-order chi connectivity index (χ0) is 25.2. The molecule has 3 N–H and O–H groups in total. The number of hydrogen-bond donors (Lipinski definition) is 3. The van der Waals surface area contributed by atoms with Crippen LogP contribution in [0.1, 0.15) is 57.3 Å². The Labute approximate surface area is 202 Å². The van der Waals surface area contributed by atoms with E-state index in [1.165, 1.54) is 18.2 Å². The second-order valence-electron chi connectivity index (χ2n) is 7.69. The topological polar surface area (TPSA) is 122 Å². The van der Waals surface area contributed by atoms with Crippen LogP contribution in [-0.4, -0.2) is 35.3 Å². The summed E-state index contributed by atoms with van der Waals surface area (Å²) >= 11 is 0. The molecular formula is C27H26N2O6. The molecule has 0 saturated carbocycles. The molecule has 0 fully saturated rings. The number of hydrogen-bond acceptors (Lipinski definition) is 5. The molecule has 180 valence electrons. The molecule has 0 radical (unpaired) electrons. The highest BCUT2D eigenvalue weighted by Crippen LogP contribution is 2.19. The van der Waals surface area contributed by atoms with Gasteiger partial charge in [0.25, 0.3) is 5.91 Å². The molecule has 8 nitrogen and oxygen atoms in total. The van der Waals surface area contributed by atoms with Crippen molar-refractivity contribution in [1.82, 2.24) is 0 Å². The van der Waals surface area contributed by atoms with Crippen LogP contribution < -0.4 is 15.4 Å². The summed E-state index contributed by atoms with van der Waals surface area (Å²) in [5.41, 5.74) is 1.62. The maximum Gasteiger partial charge on any atom is 0.335 e. The van der Waals surface area contributed by atoms with Gasteiger partial charge in [-0.3, -0.25) is 14.4 Å². The average molecular weight is 475 g/mol. The molecule has 0 saturated heterocycles. The normalized spacial score (nSPS) is 10.3. The van der Waals surface area contributed by atoms with Gasteiger partial charge in [-0.2, -0.15) is 0 Å². The molecule has 0 aliphatic carbocycles. The van der Waals surface area contributed by atoms with Crippen LogP contribution in [0.3, 0.4) is 0 Å². The molecule has 0 spiro atoms. The Morgan fingerprint density at radius 3 is 2.31 bits per heavy atom. The molecule has 8 heteroatoms. The number of anilines is 2. The number of ether oxygens (including phenoxy) is 1. The van der Waals surface area contributed by atoms with Gasteiger partial charge in [-0.15, -0.1) is 0 Å². The fraction of sp³-hybridized carbons (Fsp3) is 0.185. The number of rotatable bonds is 11. The van der Waals surface area contributed by atoms with Gasteiger partial charge in [-0.05, 0) is 61.0 Å². The first kappa shape index (κ1) is 25.2. The number of para-hydroxylation sites is 1. The molecule has 0 unspecified atom stereocenters. The van der Waals surface area contributed by atoms with Crippen molar-refractivity contribution in [3.63, 3.8) is 0 Å². The molecule has 0 aliphatic rings. The molecule has 3 aromatic rings. The Bertz CT molecular complexity index is 1220. The van der Waals surface area contributed by atoms with Crippen LogP contribution in [0.5, 0.6) is 5.75 Å². The number of amides is 2. The predicted octanol–water partition coefficient (Wildman–Crippen LogP) is 5.03. The summed E-state index contributed by atoms with van der Waals surface area (Å²) in [6.45, 7) is 2.12. The summed E-state index contributed by atoms with van der Waals surface area (Å²) in [6, 6.07) is 19.4. The maximum absolute atomic E-state index is 12.7. The molecule has 0 heterocycles. The molecule has 2 amide bonds. The number of nitrogens with one attached hydrogen (secondary N) is 2. The van der Waals surface area contributed by atoms with Gasteiger partial charge < -0.3 is 20.5 Å². The Hall–Kier alpha value is -4.46. The average Bonchev–Trinajstić information content (AvgIpc) is 2.87. The van der Waals surface area contributed by atoms with Crippen molar-refractivity contribution in [2.24, 2.45) is 0 Å². The summed E-state index contributed by atoms with van der Waals surface area (Å²) in [5.74, 6) is -1.16. The van der Waals surface area contributed by atoms with E-state index >= 15 is 0 Å². The summed E-state index contributed by atoms with van der Waals surface area (Å²) in [7, 11) is 0. The molecular weight excluding hydrogens is 448 g/mol. The highest BCUT2D eigenvalue weighted by atomic mass is 16.5. The van der Waals surface area contributed by atoms with Crippen LogP contribution in [-0.2, 0) is 4.79 Å². The Balaban J connectivity index is 1.52. The van der Waals surface area contributed by atoms with E-state index in [9.17, 15) is 19.2 Å². The zero-order valence-electron chi connectivity index (χ0n) is 19.2. The van der Waals surface area contributed by atoms with E-state index in [4.69, 9.17) is 9.84 Å². The van der Waals surface area contributed by atoms with E-state index in [1.54, 1.807) is 54.6 Å². The van der Waals surface area contributed by atoms with Crippen molar-refractivity contribution in [3.05, 3.63) is 89.5 Å². The minimum atomic E-state index is -1.10. The lowest BCUT2D eigenvalue weighted by Crippen LogP contribution is -2.18. The molecule has 0 aromatic heterocycles. The lowest BCUT2D eigenvalue weighted by Gasteiger charge is -2.12. The number of carbonyl (C=O) groups is 4. The summed E-state index contributed by atoms with van der Waals surface area (Å²) in [5, 5.41) is 14.5. The second-order valence-corrected chi connectivity index (χ2v) is 7.69. The van der Waals surface area contributed by atoms with Crippen LogP contribution in [0.15, 0.2) is 72.8 Å². The van der Waals surface area contributed by atoms with Crippen LogP contribution in [0, 0.1) is 0 Å². The number of ketones is 1. The SMILES string of the molecule is CCC(=O)c1ccc(OCCCC(=O)Nc2ccccc2C(=O)Nc2cccc(C(=O)O)c2)cc1. The van der Waals surface area contributed by atoms with Crippen molar-refractivity contribution in [1.29, 1.82) is 0 Å². The number of carboxylic acids is 1. The van der Waals surface area contributed by atoms with Crippen LogP contribution >= 0.6 is 0 Å². The van der Waals surface area contributed by atoms with Crippen molar-refractivity contribution < 1.29 is 29.0 Å². The molecule has 3 aromatic carbocycles. The van der Waals surface area contributed by atoms with Gasteiger partial charge in [0, 0.05) is 24.1 Å². The fourth-order valence-corrected chi connectivity index (χ4v) is 3.30. The Kier molecular flexibility index (Phi) is 8.72. The van der Waals surface area contributed by atoms with Crippen LogP contribution in [0.2, 0.25) is 0 Å². The third-order valence-electron chi connectivity index (χ3n) is 5.13. The van der Waals surface area contributed by atoms with E-state index in [1.807, 2.05) is 6.92 Å². The van der Waals surface area contributed by atoms with E-state index in [-0.39, 0.29) is 29.2 Å². The van der Waals surface area contributed by atoms with Gasteiger partial charge in [0.2, 0.25) is 5.91 Å². The predicted molar refractivity (Wildman–Crippen MR) is 132 cm³/mol. The third kappa shape index (κ3) is 7.26. The smallest absolute Gasteiger partial charge is 0.335 e.